The molecule has 176 valence electrons. The summed E-state index contributed by atoms with van der Waals surface area (Å²) in [4.78, 5) is 0. The number of ether oxygens (including phenoxy) is 2. The molecule has 0 amide bonds. The molecular formula is C22H24F6N2O2. The molecule has 0 saturated carbocycles. The van der Waals surface area contributed by atoms with E-state index in [1.165, 1.54) is 12.1 Å². The van der Waals surface area contributed by atoms with Crippen LogP contribution < -0.4 is 20.1 Å². The quantitative estimate of drug-likeness (QED) is 0.473. The predicted octanol–water partition coefficient (Wildman–Crippen LogP) is 6.00. The van der Waals surface area contributed by atoms with Gasteiger partial charge in [-0.3, -0.25) is 0 Å². The first-order valence-electron chi connectivity index (χ1n) is 10.2. The molecule has 1 aliphatic heterocycles. The third-order valence-corrected chi connectivity index (χ3v) is 4.91. The molecule has 2 aromatic rings. The number of hydrogen-bond donors (Lipinski definition) is 2. The van der Waals surface area contributed by atoms with Crippen LogP contribution in [-0.2, 0) is 6.54 Å². The minimum atomic E-state index is -4.54. The van der Waals surface area contributed by atoms with Gasteiger partial charge in [0.1, 0.15) is 11.5 Å². The van der Waals surface area contributed by atoms with Crippen LogP contribution in [0.25, 0.3) is 0 Å². The Bertz CT molecular complexity index is 879. The fraction of sp³-hybridized carbons (Fsp3) is 0.455. The second-order valence-electron chi connectivity index (χ2n) is 7.56. The highest BCUT2D eigenvalue weighted by molar-refractivity contribution is 5.49. The van der Waals surface area contributed by atoms with E-state index in [-0.39, 0.29) is 29.6 Å². The molecule has 1 unspecified atom stereocenters. The Morgan fingerprint density at radius 2 is 1.66 bits per heavy atom. The fourth-order valence-corrected chi connectivity index (χ4v) is 3.45. The third-order valence-electron chi connectivity index (χ3n) is 4.91. The third kappa shape index (κ3) is 7.81. The summed E-state index contributed by atoms with van der Waals surface area (Å²) < 4.78 is 84.6. The van der Waals surface area contributed by atoms with Gasteiger partial charge in [0.25, 0.3) is 0 Å². The lowest BCUT2D eigenvalue weighted by atomic mass is 9.97. The summed E-state index contributed by atoms with van der Waals surface area (Å²) in [6.45, 7) is -2.03. The molecule has 10 heteroatoms. The molecule has 1 heterocycles. The van der Waals surface area contributed by atoms with Crippen LogP contribution in [-0.4, -0.2) is 32.1 Å². The molecule has 0 spiro atoms. The Kier molecular flexibility index (Phi) is 7.76. The van der Waals surface area contributed by atoms with Gasteiger partial charge in [0, 0.05) is 23.8 Å². The standard InChI is InChI=1S/C22H24F6N2O2/c23-21(24,25)13-31-18-7-8-20(32-14-22(26,27)28)16(11-18)12-30-17-5-3-4-15(10-17)19-6-1-2-9-29-19/h3-5,7-8,10-11,19,29-30H,1-2,6,9,12-14H2. The lowest BCUT2D eigenvalue weighted by Crippen LogP contribution is -2.26. The molecule has 1 fully saturated rings. The second-order valence-corrected chi connectivity index (χ2v) is 7.56. The molecule has 0 aromatic heterocycles. The zero-order valence-corrected chi connectivity index (χ0v) is 17.2. The van der Waals surface area contributed by atoms with Crippen molar-refractivity contribution in [2.75, 3.05) is 25.1 Å². The van der Waals surface area contributed by atoms with Gasteiger partial charge in [-0.15, -0.1) is 0 Å². The van der Waals surface area contributed by atoms with Crippen LogP contribution in [0.2, 0.25) is 0 Å². The average Bonchev–Trinajstić information content (AvgIpc) is 2.75. The van der Waals surface area contributed by atoms with Gasteiger partial charge in [0.15, 0.2) is 13.2 Å². The van der Waals surface area contributed by atoms with E-state index in [1.54, 1.807) is 0 Å². The van der Waals surface area contributed by atoms with Crippen LogP contribution in [0.1, 0.15) is 36.4 Å². The minimum absolute atomic E-state index is 0.0396. The summed E-state index contributed by atoms with van der Waals surface area (Å²) in [6.07, 6.45) is -5.81. The van der Waals surface area contributed by atoms with Crippen LogP contribution in [0, 0.1) is 0 Å². The molecule has 0 bridgehead atoms. The molecule has 2 N–H and O–H groups in total. The molecule has 1 saturated heterocycles. The zero-order chi connectivity index (χ0) is 23.2. The molecule has 3 rings (SSSR count). The number of benzene rings is 2. The van der Waals surface area contributed by atoms with Crippen LogP contribution in [0.3, 0.4) is 0 Å². The summed E-state index contributed by atoms with van der Waals surface area (Å²) in [7, 11) is 0. The zero-order valence-electron chi connectivity index (χ0n) is 17.2. The number of anilines is 1. The van der Waals surface area contributed by atoms with E-state index in [0.29, 0.717) is 0 Å². The number of nitrogens with one attached hydrogen (secondary N) is 2. The van der Waals surface area contributed by atoms with Gasteiger partial charge in [0.2, 0.25) is 0 Å². The van der Waals surface area contributed by atoms with Crippen molar-refractivity contribution in [1.29, 1.82) is 0 Å². The summed E-state index contributed by atoms with van der Waals surface area (Å²) in [5.74, 6) is -0.196. The highest BCUT2D eigenvalue weighted by Crippen LogP contribution is 2.29. The molecule has 1 atom stereocenters. The minimum Gasteiger partial charge on any atom is -0.484 e. The monoisotopic (exact) mass is 462 g/mol. The number of halogens is 6. The Balaban J connectivity index is 1.73. The van der Waals surface area contributed by atoms with Crippen LogP contribution in [0.5, 0.6) is 11.5 Å². The molecule has 2 aromatic carbocycles. The van der Waals surface area contributed by atoms with Gasteiger partial charge in [0.05, 0.1) is 0 Å². The fourth-order valence-electron chi connectivity index (χ4n) is 3.45. The van der Waals surface area contributed by atoms with E-state index in [4.69, 9.17) is 9.47 Å². The van der Waals surface area contributed by atoms with Crippen molar-refractivity contribution in [2.24, 2.45) is 0 Å². The summed E-state index contributed by atoms with van der Waals surface area (Å²) in [6, 6.07) is 11.4. The van der Waals surface area contributed by atoms with Crippen molar-refractivity contribution in [3.63, 3.8) is 0 Å². The van der Waals surface area contributed by atoms with Crippen molar-refractivity contribution >= 4 is 5.69 Å². The van der Waals surface area contributed by atoms with Gasteiger partial charge < -0.3 is 20.1 Å². The number of rotatable bonds is 8. The normalized spacial score (nSPS) is 17.1. The maximum Gasteiger partial charge on any atom is 0.422 e. The first-order chi connectivity index (χ1) is 15.1. The van der Waals surface area contributed by atoms with Crippen molar-refractivity contribution in [1.82, 2.24) is 5.32 Å². The van der Waals surface area contributed by atoms with Crippen molar-refractivity contribution in [3.05, 3.63) is 53.6 Å². The number of piperidine rings is 1. The largest absolute Gasteiger partial charge is 0.484 e. The molecular weight excluding hydrogens is 438 g/mol. The Labute approximate surface area is 181 Å². The number of alkyl halides is 6. The summed E-state index contributed by atoms with van der Waals surface area (Å²) in [5, 5.41) is 6.56. The first kappa shape index (κ1) is 24.0. The van der Waals surface area contributed by atoms with Crippen molar-refractivity contribution in [2.45, 2.75) is 44.2 Å². The molecule has 4 nitrogen and oxygen atoms in total. The molecule has 0 radical (unpaired) electrons. The van der Waals surface area contributed by atoms with E-state index in [9.17, 15) is 26.3 Å². The van der Waals surface area contributed by atoms with Gasteiger partial charge in [-0.2, -0.15) is 26.3 Å². The first-order valence-corrected chi connectivity index (χ1v) is 10.2. The maximum absolute atomic E-state index is 12.6. The van der Waals surface area contributed by atoms with E-state index >= 15 is 0 Å². The van der Waals surface area contributed by atoms with Gasteiger partial charge in [-0.05, 0) is 55.3 Å². The highest BCUT2D eigenvalue weighted by Gasteiger charge is 2.30. The van der Waals surface area contributed by atoms with E-state index in [0.717, 1.165) is 43.1 Å². The summed E-state index contributed by atoms with van der Waals surface area (Å²) >= 11 is 0. The lowest BCUT2D eigenvalue weighted by Gasteiger charge is -2.24. The molecule has 0 aliphatic carbocycles. The van der Waals surface area contributed by atoms with Crippen LogP contribution >= 0.6 is 0 Å². The van der Waals surface area contributed by atoms with Crippen LogP contribution in [0.4, 0.5) is 32.0 Å². The lowest BCUT2D eigenvalue weighted by molar-refractivity contribution is -0.154. The Morgan fingerprint density at radius 1 is 0.906 bits per heavy atom. The van der Waals surface area contributed by atoms with Gasteiger partial charge in [-0.25, -0.2) is 0 Å². The smallest absolute Gasteiger partial charge is 0.422 e. The van der Waals surface area contributed by atoms with E-state index in [2.05, 4.69) is 10.6 Å². The highest BCUT2D eigenvalue weighted by atomic mass is 19.4. The topological polar surface area (TPSA) is 42.5 Å². The van der Waals surface area contributed by atoms with Gasteiger partial charge in [-0.1, -0.05) is 18.6 Å². The SMILES string of the molecule is FC(F)(F)COc1ccc(OCC(F)(F)F)c(CNc2cccc(C3CCCCN3)c2)c1. The predicted molar refractivity (Wildman–Crippen MR) is 108 cm³/mol. The Hall–Kier alpha value is -2.62. The van der Waals surface area contributed by atoms with Gasteiger partial charge >= 0.3 is 12.4 Å². The van der Waals surface area contributed by atoms with Crippen molar-refractivity contribution < 1.29 is 35.8 Å². The molecule has 1 aliphatic rings. The maximum atomic E-state index is 12.6. The molecule has 32 heavy (non-hydrogen) atoms. The van der Waals surface area contributed by atoms with Crippen LogP contribution in [0.15, 0.2) is 42.5 Å². The average molecular weight is 462 g/mol. The second kappa shape index (κ2) is 10.3. The van der Waals surface area contributed by atoms with Crippen molar-refractivity contribution in [3.8, 4) is 11.5 Å². The van der Waals surface area contributed by atoms with E-state index < -0.39 is 25.6 Å². The summed E-state index contributed by atoms with van der Waals surface area (Å²) in [5.41, 5.74) is 2.07. The van der Waals surface area contributed by atoms with E-state index in [1.807, 2.05) is 24.3 Å². The number of hydrogen-bond acceptors (Lipinski definition) is 4. The Morgan fingerprint density at radius 3 is 2.34 bits per heavy atom.